The molecule has 3 aromatic carbocycles. The minimum absolute atomic E-state index is 0.168. The Morgan fingerprint density at radius 3 is 2.64 bits per heavy atom. The van der Waals surface area contributed by atoms with Gasteiger partial charge < -0.3 is 18.9 Å². The summed E-state index contributed by atoms with van der Waals surface area (Å²) in [6.45, 7) is 3.78. The van der Waals surface area contributed by atoms with Crippen LogP contribution in [0.15, 0.2) is 48.2 Å². The van der Waals surface area contributed by atoms with Gasteiger partial charge in [-0.3, -0.25) is 9.69 Å². The Hall–Kier alpha value is -3.19. The highest BCUT2D eigenvalue weighted by Crippen LogP contribution is 2.43. The van der Waals surface area contributed by atoms with Gasteiger partial charge in [-0.2, -0.15) is 0 Å². The predicted molar refractivity (Wildman–Crippen MR) is 140 cm³/mol. The maximum Gasteiger partial charge on any atom is 0.231 e. The normalized spacial score (nSPS) is 15.8. The van der Waals surface area contributed by atoms with Crippen molar-refractivity contribution in [3.63, 3.8) is 0 Å². The van der Waals surface area contributed by atoms with Gasteiger partial charge in [-0.15, -0.1) is 0 Å². The largest absolute Gasteiger partial charge is 0.497 e. The van der Waals surface area contributed by atoms with Crippen molar-refractivity contribution in [2.45, 2.75) is 19.9 Å². The van der Waals surface area contributed by atoms with Crippen LogP contribution in [0.25, 0.3) is 6.08 Å². The fourth-order valence-corrected chi connectivity index (χ4v) is 5.02. The molecular formula is C28H25Cl2NO5. The molecule has 36 heavy (non-hydrogen) atoms. The van der Waals surface area contributed by atoms with Gasteiger partial charge in [0.1, 0.15) is 29.7 Å². The van der Waals surface area contributed by atoms with Crippen LogP contribution in [0.5, 0.6) is 23.0 Å². The number of nitrogens with zero attached hydrogens (tertiary/aromatic N) is 1. The number of rotatable bonds is 6. The first-order chi connectivity index (χ1) is 17.4. The van der Waals surface area contributed by atoms with Crippen LogP contribution >= 0.6 is 23.2 Å². The molecule has 0 fully saturated rings. The number of carbonyl (C=O) groups is 1. The number of benzene rings is 3. The van der Waals surface area contributed by atoms with E-state index >= 15 is 0 Å². The van der Waals surface area contributed by atoms with Gasteiger partial charge in [-0.25, -0.2) is 0 Å². The lowest BCUT2D eigenvalue weighted by Gasteiger charge is -2.30. The number of hydrogen-bond donors (Lipinski definition) is 0. The van der Waals surface area contributed by atoms with Crippen molar-refractivity contribution in [1.29, 1.82) is 0 Å². The Morgan fingerprint density at radius 2 is 1.89 bits per heavy atom. The Labute approximate surface area is 219 Å². The van der Waals surface area contributed by atoms with Crippen molar-refractivity contribution in [3.05, 3.63) is 86.1 Å². The Bertz CT molecular complexity index is 1380. The molecule has 0 atom stereocenters. The van der Waals surface area contributed by atoms with Crippen molar-refractivity contribution in [2.75, 3.05) is 27.5 Å². The number of hydrogen-bond acceptors (Lipinski definition) is 6. The summed E-state index contributed by atoms with van der Waals surface area (Å²) in [6, 6.07) is 12.8. The van der Waals surface area contributed by atoms with Crippen molar-refractivity contribution in [1.82, 2.24) is 4.90 Å². The number of fused-ring (bicyclic) bond motifs is 2. The van der Waals surface area contributed by atoms with E-state index in [0.717, 1.165) is 41.0 Å². The van der Waals surface area contributed by atoms with E-state index in [1.54, 1.807) is 32.4 Å². The van der Waals surface area contributed by atoms with Gasteiger partial charge >= 0.3 is 0 Å². The molecule has 0 aromatic heterocycles. The molecule has 0 bridgehead atoms. The highest BCUT2D eigenvalue weighted by atomic mass is 35.5. The SMILES string of the molecule is COc1ccc(/C=C2\Oc3c(cc4c(c3C)OCN(CCc3ccc(Cl)cc3Cl)C4)C2=O)c(OC)c1. The van der Waals surface area contributed by atoms with E-state index in [2.05, 4.69) is 4.90 Å². The monoisotopic (exact) mass is 525 g/mol. The fraction of sp³-hybridized carbons (Fsp3) is 0.250. The summed E-state index contributed by atoms with van der Waals surface area (Å²) >= 11 is 12.3. The van der Waals surface area contributed by atoms with Crippen molar-refractivity contribution in [2.24, 2.45) is 0 Å². The molecule has 2 heterocycles. The number of methoxy groups -OCH3 is 2. The lowest BCUT2D eigenvalue weighted by Crippen LogP contribution is -2.34. The van der Waals surface area contributed by atoms with Crippen LogP contribution in [0.2, 0.25) is 10.0 Å². The lowest BCUT2D eigenvalue weighted by molar-refractivity contribution is 0.0954. The molecule has 0 unspecified atom stereocenters. The maximum atomic E-state index is 13.3. The van der Waals surface area contributed by atoms with E-state index in [9.17, 15) is 4.79 Å². The molecule has 0 saturated heterocycles. The van der Waals surface area contributed by atoms with Crippen LogP contribution in [0, 0.1) is 6.92 Å². The standard InChI is InChI=1S/C28H25Cl2NO5/c1-16-27-19(14-31(15-35-27)9-8-17-4-6-20(29)12-23(17)30)10-22-26(32)25(36-28(16)22)11-18-5-7-21(33-2)13-24(18)34-3/h4-7,10-13H,8-9,14-15H2,1-3H3/b25-11-. The number of carbonyl (C=O) groups excluding carboxylic acids is 1. The summed E-state index contributed by atoms with van der Waals surface area (Å²) in [5.74, 6) is 2.64. The molecule has 186 valence electrons. The van der Waals surface area contributed by atoms with E-state index < -0.39 is 0 Å². The summed E-state index contributed by atoms with van der Waals surface area (Å²) in [5.41, 5.74) is 4.07. The molecular weight excluding hydrogens is 501 g/mol. The molecule has 6 nitrogen and oxygen atoms in total. The first-order valence-electron chi connectivity index (χ1n) is 11.5. The predicted octanol–water partition coefficient (Wildman–Crippen LogP) is 6.33. The second kappa shape index (κ2) is 10.1. The van der Waals surface area contributed by atoms with Crippen LogP contribution in [0.1, 0.15) is 32.6 Å². The molecule has 0 spiro atoms. The number of ether oxygens (including phenoxy) is 4. The van der Waals surface area contributed by atoms with Gasteiger partial charge in [-0.1, -0.05) is 29.3 Å². The fourth-order valence-electron chi connectivity index (χ4n) is 4.52. The van der Waals surface area contributed by atoms with E-state index in [-0.39, 0.29) is 11.5 Å². The molecule has 0 saturated carbocycles. The summed E-state index contributed by atoms with van der Waals surface area (Å²) in [4.78, 5) is 15.5. The Morgan fingerprint density at radius 1 is 1.06 bits per heavy atom. The zero-order valence-corrected chi connectivity index (χ0v) is 21.7. The van der Waals surface area contributed by atoms with Gasteiger partial charge in [0, 0.05) is 45.9 Å². The average molecular weight is 526 g/mol. The zero-order chi connectivity index (χ0) is 25.4. The van der Waals surface area contributed by atoms with Crippen molar-refractivity contribution < 1.29 is 23.7 Å². The molecule has 0 N–H and O–H groups in total. The van der Waals surface area contributed by atoms with E-state index in [4.69, 9.17) is 42.1 Å². The average Bonchev–Trinajstić information content (AvgIpc) is 3.19. The lowest BCUT2D eigenvalue weighted by atomic mass is 9.99. The van der Waals surface area contributed by atoms with Gasteiger partial charge in [0.25, 0.3) is 0 Å². The number of halogens is 2. The first kappa shape index (κ1) is 24.5. The third-order valence-corrected chi connectivity index (χ3v) is 7.03. The third kappa shape index (κ3) is 4.64. The molecule has 8 heteroatoms. The summed E-state index contributed by atoms with van der Waals surface area (Å²) in [6.07, 6.45) is 2.46. The smallest absolute Gasteiger partial charge is 0.231 e. The highest BCUT2D eigenvalue weighted by Gasteiger charge is 2.33. The van der Waals surface area contributed by atoms with Crippen LogP contribution < -0.4 is 18.9 Å². The Kier molecular flexibility index (Phi) is 6.84. The van der Waals surface area contributed by atoms with E-state index in [0.29, 0.717) is 46.1 Å². The first-order valence-corrected chi connectivity index (χ1v) is 12.3. The van der Waals surface area contributed by atoms with Gasteiger partial charge in [0.15, 0.2) is 5.76 Å². The second-order valence-electron chi connectivity index (χ2n) is 8.73. The van der Waals surface area contributed by atoms with Crippen LogP contribution in [0.4, 0.5) is 0 Å². The number of allylic oxidation sites excluding steroid dienone is 1. The highest BCUT2D eigenvalue weighted by molar-refractivity contribution is 6.35. The van der Waals surface area contributed by atoms with Gasteiger partial charge in [0.2, 0.25) is 5.78 Å². The maximum absolute atomic E-state index is 13.3. The molecule has 0 aliphatic carbocycles. The minimum Gasteiger partial charge on any atom is -0.497 e. The molecule has 0 radical (unpaired) electrons. The van der Waals surface area contributed by atoms with Crippen LogP contribution in [0.3, 0.4) is 0 Å². The number of ketones is 1. The topological polar surface area (TPSA) is 57.2 Å². The van der Waals surface area contributed by atoms with E-state index in [1.807, 2.05) is 37.3 Å². The summed E-state index contributed by atoms with van der Waals surface area (Å²) in [5, 5.41) is 1.28. The summed E-state index contributed by atoms with van der Waals surface area (Å²) in [7, 11) is 3.17. The molecule has 5 rings (SSSR count). The van der Waals surface area contributed by atoms with Crippen molar-refractivity contribution >= 4 is 35.1 Å². The molecule has 2 aliphatic rings. The van der Waals surface area contributed by atoms with Gasteiger partial charge in [-0.05, 0) is 55.3 Å². The number of Topliss-reactive ketones (excluding diaryl/α,β-unsaturated/α-hetero) is 1. The molecule has 3 aromatic rings. The van der Waals surface area contributed by atoms with Crippen molar-refractivity contribution in [3.8, 4) is 23.0 Å². The van der Waals surface area contributed by atoms with E-state index in [1.165, 1.54) is 0 Å². The van der Waals surface area contributed by atoms with Crippen LogP contribution in [-0.2, 0) is 13.0 Å². The third-order valence-electron chi connectivity index (χ3n) is 6.44. The minimum atomic E-state index is -0.168. The Balaban J connectivity index is 1.37. The second-order valence-corrected chi connectivity index (χ2v) is 9.57. The summed E-state index contributed by atoms with van der Waals surface area (Å²) < 4.78 is 22.9. The van der Waals surface area contributed by atoms with Gasteiger partial charge in [0.05, 0.1) is 19.8 Å². The zero-order valence-electron chi connectivity index (χ0n) is 20.2. The van der Waals surface area contributed by atoms with Crippen LogP contribution in [-0.4, -0.2) is 38.2 Å². The molecule has 2 aliphatic heterocycles. The molecule has 0 amide bonds. The quantitative estimate of drug-likeness (QED) is 0.350.